The van der Waals surface area contributed by atoms with Gasteiger partial charge in [0.25, 0.3) is 5.91 Å². The lowest BCUT2D eigenvalue weighted by atomic mass is 10.0. The van der Waals surface area contributed by atoms with E-state index in [1.54, 1.807) is 23.0 Å². The fourth-order valence-corrected chi connectivity index (χ4v) is 4.03. The number of carbonyl (C=O) groups excluding carboxylic acids is 1. The second-order valence-electron chi connectivity index (χ2n) is 8.17. The Morgan fingerprint density at radius 1 is 1.26 bits per heavy atom. The summed E-state index contributed by atoms with van der Waals surface area (Å²) in [4.78, 5) is 12.8. The third kappa shape index (κ3) is 4.28. The fourth-order valence-electron chi connectivity index (χ4n) is 4.03. The quantitative estimate of drug-likeness (QED) is 0.431. The molecule has 176 valence electrons. The molecule has 2 N–H and O–H groups in total. The lowest BCUT2D eigenvalue weighted by Gasteiger charge is -2.32. The number of aromatic nitrogens is 4. The molecule has 34 heavy (non-hydrogen) atoms. The van der Waals surface area contributed by atoms with Gasteiger partial charge in [-0.2, -0.15) is 23.4 Å². The number of hydrogen-bond donors (Lipinski definition) is 2. The van der Waals surface area contributed by atoms with Gasteiger partial charge < -0.3 is 15.1 Å². The molecule has 1 aromatic carbocycles. The first-order chi connectivity index (χ1) is 16.3. The van der Waals surface area contributed by atoms with E-state index in [1.165, 1.54) is 18.5 Å². The van der Waals surface area contributed by atoms with Crippen LogP contribution in [0.15, 0.2) is 65.5 Å². The lowest BCUT2D eigenvalue weighted by molar-refractivity contribution is -0.174. The number of rotatable bonds is 5. The van der Waals surface area contributed by atoms with E-state index < -0.39 is 24.2 Å². The number of hydrogen-bond acceptors (Lipinski definition) is 5. The van der Waals surface area contributed by atoms with E-state index in [-0.39, 0.29) is 17.9 Å². The normalized spacial score (nSPS) is 17.8. The summed E-state index contributed by atoms with van der Waals surface area (Å²) < 4.78 is 49.1. The number of anilines is 2. The van der Waals surface area contributed by atoms with E-state index in [0.29, 0.717) is 18.0 Å². The molecule has 0 saturated carbocycles. The molecule has 0 fully saturated rings. The average molecular weight is 470 g/mol. The first-order valence-electron chi connectivity index (χ1n) is 10.6. The SMILES string of the molecule is Cc1ccccc1Cn1cc(NC(=O)c2cc3n(n2)[C@H](C(F)(F)F)C[C@H](c2ccco2)N3)cn1. The maximum atomic E-state index is 13.8. The summed E-state index contributed by atoms with van der Waals surface area (Å²) in [6.45, 7) is 2.52. The molecular formula is C23H21F3N6O2. The van der Waals surface area contributed by atoms with Crippen molar-refractivity contribution in [2.45, 2.75) is 38.1 Å². The van der Waals surface area contributed by atoms with Crippen molar-refractivity contribution in [2.75, 3.05) is 10.6 Å². The Bertz CT molecular complexity index is 1310. The van der Waals surface area contributed by atoms with Crippen molar-refractivity contribution in [3.8, 4) is 0 Å². The highest BCUT2D eigenvalue weighted by molar-refractivity contribution is 6.03. The maximum Gasteiger partial charge on any atom is 0.410 e. The summed E-state index contributed by atoms with van der Waals surface area (Å²) in [7, 11) is 0. The van der Waals surface area contributed by atoms with Gasteiger partial charge >= 0.3 is 6.18 Å². The number of alkyl halides is 3. The molecular weight excluding hydrogens is 449 g/mol. The number of halogens is 3. The maximum absolute atomic E-state index is 13.8. The minimum absolute atomic E-state index is 0.0929. The van der Waals surface area contributed by atoms with Gasteiger partial charge in [-0.25, -0.2) is 4.68 Å². The number of fused-ring (bicyclic) bond motifs is 1. The van der Waals surface area contributed by atoms with Crippen LogP contribution in [0.3, 0.4) is 0 Å². The van der Waals surface area contributed by atoms with Gasteiger partial charge in [-0.3, -0.25) is 9.48 Å². The molecule has 8 nitrogen and oxygen atoms in total. The number of furan rings is 1. The zero-order valence-electron chi connectivity index (χ0n) is 18.1. The standard InChI is InChI=1S/C23H21F3N6O2/c1-14-5-2-3-6-15(14)12-31-13-16(11-27-31)28-22(33)18-10-21-29-17(19-7-4-8-34-19)9-20(23(24,25)26)32(21)30-18/h2-8,10-11,13,17,20,29H,9,12H2,1H3,(H,28,33)/t17-,20+/m1/s1. The first-order valence-corrected chi connectivity index (χ1v) is 10.6. The highest BCUT2D eigenvalue weighted by Crippen LogP contribution is 2.43. The van der Waals surface area contributed by atoms with Crippen molar-refractivity contribution >= 4 is 17.4 Å². The molecule has 0 unspecified atom stereocenters. The minimum atomic E-state index is -4.54. The van der Waals surface area contributed by atoms with Gasteiger partial charge in [0.2, 0.25) is 0 Å². The second-order valence-corrected chi connectivity index (χ2v) is 8.17. The van der Waals surface area contributed by atoms with Gasteiger partial charge in [0, 0.05) is 18.7 Å². The number of amides is 1. The van der Waals surface area contributed by atoms with Crippen LogP contribution in [0, 0.1) is 6.92 Å². The van der Waals surface area contributed by atoms with Gasteiger partial charge in [-0.15, -0.1) is 0 Å². The first kappa shape index (κ1) is 21.8. The number of nitrogens with zero attached hydrogens (tertiary/aromatic N) is 4. The lowest BCUT2D eigenvalue weighted by Crippen LogP contribution is -2.35. The van der Waals surface area contributed by atoms with E-state index in [1.807, 2.05) is 31.2 Å². The molecule has 1 amide bonds. The summed E-state index contributed by atoms with van der Waals surface area (Å²) in [6, 6.07) is 9.83. The van der Waals surface area contributed by atoms with E-state index in [4.69, 9.17) is 4.42 Å². The van der Waals surface area contributed by atoms with Crippen LogP contribution >= 0.6 is 0 Å². The number of benzene rings is 1. The molecule has 4 aromatic rings. The van der Waals surface area contributed by atoms with Crippen molar-refractivity contribution in [3.63, 3.8) is 0 Å². The molecule has 0 bridgehead atoms. The van der Waals surface area contributed by atoms with Gasteiger partial charge in [0.05, 0.1) is 30.7 Å². The van der Waals surface area contributed by atoms with Gasteiger partial charge in [0.1, 0.15) is 11.6 Å². The fraction of sp³-hybridized carbons (Fsp3) is 0.261. The molecule has 11 heteroatoms. The molecule has 4 heterocycles. The van der Waals surface area contributed by atoms with Crippen LogP contribution in [0.5, 0.6) is 0 Å². The van der Waals surface area contributed by atoms with Crippen molar-refractivity contribution < 1.29 is 22.4 Å². The van der Waals surface area contributed by atoms with E-state index >= 15 is 0 Å². The summed E-state index contributed by atoms with van der Waals surface area (Å²) in [5.74, 6) is -0.154. The minimum Gasteiger partial charge on any atom is -0.467 e. The highest BCUT2D eigenvalue weighted by Gasteiger charge is 2.47. The molecule has 0 spiro atoms. The Hall–Kier alpha value is -4.02. The topological polar surface area (TPSA) is 89.9 Å². The Morgan fingerprint density at radius 3 is 2.82 bits per heavy atom. The highest BCUT2D eigenvalue weighted by atomic mass is 19.4. The summed E-state index contributed by atoms with van der Waals surface area (Å²) in [6.07, 6.45) is -0.305. The van der Waals surface area contributed by atoms with E-state index in [9.17, 15) is 18.0 Å². The predicted octanol–water partition coefficient (Wildman–Crippen LogP) is 4.94. The van der Waals surface area contributed by atoms with E-state index in [2.05, 4.69) is 20.8 Å². The van der Waals surface area contributed by atoms with Crippen molar-refractivity contribution in [1.82, 2.24) is 19.6 Å². The average Bonchev–Trinajstić information content (AvgIpc) is 3.54. The van der Waals surface area contributed by atoms with Crippen LogP contribution in [-0.4, -0.2) is 31.6 Å². The monoisotopic (exact) mass is 470 g/mol. The Morgan fingerprint density at radius 2 is 2.09 bits per heavy atom. The number of carbonyl (C=O) groups is 1. The third-order valence-corrected chi connectivity index (χ3v) is 5.79. The molecule has 1 aliphatic rings. The Kier molecular flexibility index (Phi) is 5.39. The molecule has 0 radical (unpaired) electrons. The van der Waals surface area contributed by atoms with Crippen LogP contribution in [0.25, 0.3) is 0 Å². The largest absolute Gasteiger partial charge is 0.467 e. The van der Waals surface area contributed by atoms with Crippen LogP contribution in [0.4, 0.5) is 24.7 Å². The summed E-state index contributed by atoms with van der Waals surface area (Å²) >= 11 is 0. The molecule has 5 rings (SSSR count). The summed E-state index contributed by atoms with van der Waals surface area (Å²) in [5.41, 5.74) is 2.48. The van der Waals surface area contributed by atoms with Crippen molar-refractivity contribution in [1.29, 1.82) is 0 Å². The zero-order chi connectivity index (χ0) is 23.9. The van der Waals surface area contributed by atoms with Crippen molar-refractivity contribution in [3.05, 3.63) is 83.7 Å². The third-order valence-electron chi connectivity index (χ3n) is 5.79. The van der Waals surface area contributed by atoms with Gasteiger partial charge in [0.15, 0.2) is 11.7 Å². The molecule has 1 aliphatic heterocycles. The van der Waals surface area contributed by atoms with Crippen molar-refractivity contribution in [2.24, 2.45) is 0 Å². The van der Waals surface area contributed by atoms with Crippen LogP contribution in [0.1, 0.15) is 45.9 Å². The summed E-state index contributed by atoms with van der Waals surface area (Å²) in [5, 5.41) is 13.9. The van der Waals surface area contributed by atoms with E-state index in [0.717, 1.165) is 15.8 Å². The molecule has 2 atom stereocenters. The Balaban J connectivity index is 1.34. The molecule has 3 aromatic heterocycles. The smallest absolute Gasteiger partial charge is 0.410 e. The van der Waals surface area contributed by atoms with Gasteiger partial charge in [-0.1, -0.05) is 24.3 Å². The number of aryl methyl sites for hydroxylation is 1. The number of nitrogens with one attached hydrogen (secondary N) is 2. The zero-order valence-corrected chi connectivity index (χ0v) is 18.1. The van der Waals surface area contributed by atoms with Gasteiger partial charge in [-0.05, 0) is 30.2 Å². The van der Waals surface area contributed by atoms with Crippen LogP contribution < -0.4 is 10.6 Å². The molecule has 0 aliphatic carbocycles. The predicted molar refractivity (Wildman–Crippen MR) is 117 cm³/mol. The Labute approximate surface area is 192 Å². The van der Waals surface area contributed by atoms with Crippen LogP contribution in [0.2, 0.25) is 0 Å². The molecule has 0 saturated heterocycles. The second kappa shape index (κ2) is 8.40. The van der Waals surface area contributed by atoms with Crippen LogP contribution in [-0.2, 0) is 6.54 Å².